The summed E-state index contributed by atoms with van der Waals surface area (Å²) >= 11 is 0. The lowest BCUT2D eigenvalue weighted by Gasteiger charge is -2.21. The molecule has 0 aliphatic rings. The Labute approximate surface area is 186 Å². The average molecular weight is 424 g/mol. The Morgan fingerprint density at radius 1 is 0.567 bits per heavy atom. The van der Waals surface area contributed by atoms with E-state index in [9.17, 15) is 9.59 Å². The molecule has 0 rings (SSSR count). The van der Waals surface area contributed by atoms with Crippen LogP contribution in [0.4, 0.5) is 0 Å². The molecule has 30 heavy (non-hydrogen) atoms. The van der Waals surface area contributed by atoms with Gasteiger partial charge in [-0.25, -0.2) is 4.79 Å². The van der Waals surface area contributed by atoms with Crippen LogP contribution < -0.4 is 0 Å². The van der Waals surface area contributed by atoms with Crippen LogP contribution in [-0.2, 0) is 9.59 Å². The summed E-state index contributed by atoms with van der Waals surface area (Å²) in [6, 6.07) is 0. The van der Waals surface area contributed by atoms with E-state index in [1.54, 1.807) is 0 Å². The van der Waals surface area contributed by atoms with Gasteiger partial charge in [0.05, 0.1) is 0 Å². The van der Waals surface area contributed by atoms with Gasteiger partial charge in [-0.3, -0.25) is 4.79 Å². The minimum absolute atomic E-state index is 0.156. The van der Waals surface area contributed by atoms with Gasteiger partial charge in [0.15, 0.2) is 0 Å². The third-order valence-corrected chi connectivity index (χ3v) is 5.74. The standard InChI is InChI=1S/C26H49NO3/c1-3-5-7-9-11-13-15-17-19-23-27(25(28)21-22-26(29)30)24-20-18-16-14-12-10-8-6-4-2/h21-22H,3-20,23-24H2,1-2H3,(H,29,30)/b22-21+. The van der Waals surface area contributed by atoms with E-state index >= 15 is 0 Å². The SMILES string of the molecule is CCCCCCCCCCCN(CCCCCCCCCCC)C(=O)/C=C/C(=O)O. The Morgan fingerprint density at radius 3 is 1.23 bits per heavy atom. The van der Waals surface area contributed by atoms with Gasteiger partial charge in [0.2, 0.25) is 5.91 Å². The highest BCUT2D eigenvalue weighted by molar-refractivity contribution is 5.93. The summed E-state index contributed by atoms with van der Waals surface area (Å²) in [5, 5.41) is 8.79. The number of hydrogen-bond acceptors (Lipinski definition) is 2. The fourth-order valence-corrected chi connectivity index (χ4v) is 3.81. The van der Waals surface area contributed by atoms with E-state index in [-0.39, 0.29) is 5.91 Å². The molecule has 1 amide bonds. The summed E-state index contributed by atoms with van der Waals surface area (Å²) in [6.45, 7) is 5.98. The van der Waals surface area contributed by atoms with Crippen LogP contribution in [0.25, 0.3) is 0 Å². The number of nitrogens with zero attached hydrogens (tertiary/aromatic N) is 1. The lowest BCUT2D eigenvalue weighted by atomic mass is 10.1. The maximum atomic E-state index is 12.4. The van der Waals surface area contributed by atoms with Crippen molar-refractivity contribution in [3.63, 3.8) is 0 Å². The van der Waals surface area contributed by atoms with Crippen molar-refractivity contribution in [2.75, 3.05) is 13.1 Å². The molecule has 0 aromatic carbocycles. The number of hydrogen-bond donors (Lipinski definition) is 1. The number of carbonyl (C=O) groups is 2. The van der Waals surface area contributed by atoms with Crippen LogP contribution in [0.3, 0.4) is 0 Å². The van der Waals surface area contributed by atoms with Gasteiger partial charge in [-0.05, 0) is 12.8 Å². The first-order chi connectivity index (χ1) is 14.6. The summed E-state index contributed by atoms with van der Waals surface area (Å²) in [7, 11) is 0. The van der Waals surface area contributed by atoms with Gasteiger partial charge in [-0.2, -0.15) is 0 Å². The van der Waals surface area contributed by atoms with Crippen molar-refractivity contribution in [1.29, 1.82) is 0 Å². The Kier molecular flexibility index (Phi) is 21.4. The van der Waals surface area contributed by atoms with Crippen molar-refractivity contribution in [3.05, 3.63) is 12.2 Å². The Hall–Kier alpha value is -1.32. The topological polar surface area (TPSA) is 57.6 Å². The quantitative estimate of drug-likeness (QED) is 0.145. The monoisotopic (exact) mass is 423 g/mol. The van der Waals surface area contributed by atoms with Gasteiger partial charge in [0.25, 0.3) is 0 Å². The highest BCUT2D eigenvalue weighted by atomic mass is 16.4. The lowest BCUT2D eigenvalue weighted by molar-refractivity contribution is -0.132. The summed E-state index contributed by atoms with van der Waals surface area (Å²) < 4.78 is 0. The van der Waals surface area contributed by atoms with Crippen molar-refractivity contribution in [2.45, 2.75) is 129 Å². The number of carboxylic acids is 1. The Bertz CT molecular complexity index is 412. The molecule has 4 nitrogen and oxygen atoms in total. The highest BCUT2D eigenvalue weighted by Gasteiger charge is 2.10. The summed E-state index contributed by atoms with van der Waals surface area (Å²) in [5.74, 6) is -1.22. The number of unbranched alkanes of at least 4 members (excludes halogenated alkanes) is 16. The van der Waals surface area contributed by atoms with Gasteiger partial charge >= 0.3 is 5.97 Å². The van der Waals surface area contributed by atoms with Gasteiger partial charge in [-0.15, -0.1) is 0 Å². The molecule has 0 atom stereocenters. The van der Waals surface area contributed by atoms with E-state index in [4.69, 9.17) is 5.11 Å². The van der Waals surface area contributed by atoms with Gasteiger partial charge < -0.3 is 10.0 Å². The van der Waals surface area contributed by atoms with Crippen molar-refractivity contribution >= 4 is 11.9 Å². The molecule has 0 saturated heterocycles. The van der Waals surface area contributed by atoms with Crippen LogP contribution in [0.5, 0.6) is 0 Å². The Morgan fingerprint density at radius 2 is 0.900 bits per heavy atom. The zero-order valence-corrected chi connectivity index (χ0v) is 20.0. The van der Waals surface area contributed by atoms with E-state index in [0.717, 1.165) is 44.8 Å². The molecule has 0 spiro atoms. The number of rotatable bonds is 22. The van der Waals surface area contributed by atoms with Gasteiger partial charge in [-0.1, -0.05) is 117 Å². The highest BCUT2D eigenvalue weighted by Crippen LogP contribution is 2.12. The second-order valence-corrected chi connectivity index (χ2v) is 8.65. The maximum absolute atomic E-state index is 12.4. The molecule has 0 aliphatic carbocycles. The molecule has 0 fully saturated rings. The third-order valence-electron chi connectivity index (χ3n) is 5.74. The molecule has 0 unspecified atom stereocenters. The second-order valence-electron chi connectivity index (χ2n) is 8.65. The molecule has 0 bridgehead atoms. The minimum atomic E-state index is -1.06. The first kappa shape index (κ1) is 28.7. The maximum Gasteiger partial charge on any atom is 0.328 e. The second kappa shape index (κ2) is 22.4. The van der Waals surface area contributed by atoms with E-state index in [1.165, 1.54) is 96.0 Å². The van der Waals surface area contributed by atoms with Crippen LogP contribution in [-0.4, -0.2) is 35.0 Å². The molecule has 0 saturated carbocycles. The summed E-state index contributed by atoms with van der Waals surface area (Å²) in [4.78, 5) is 24.9. The lowest BCUT2D eigenvalue weighted by Crippen LogP contribution is -2.31. The van der Waals surface area contributed by atoms with Crippen molar-refractivity contribution in [1.82, 2.24) is 4.90 Å². The predicted molar refractivity (Wildman–Crippen MR) is 128 cm³/mol. The molecule has 1 N–H and O–H groups in total. The van der Waals surface area contributed by atoms with E-state index in [2.05, 4.69) is 13.8 Å². The molecular formula is C26H49NO3. The predicted octanol–water partition coefficient (Wildman–Crippen LogP) is 7.52. The fraction of sp³-hybridized carbons (Fsp3) is 0.846. The van der Waals surface area contributed by atoms with Crippen LogP contribution >= 0.6 is 0 Å². The molecule has 0 heterocycles. The van der Waals surface area contributed by atoms with Crippen molar-refractivity contribution in [3.8, 4) is 0 Å². The molecule has 4 heteroatoms. The smallest absolute Gasteiger partial charge is 0.328 e. The molecule has 0 radical (unpaired) electrons. The molecule has 0 aromatic heterocycles. The third kappa shape index (κ3) is 20.0. The fourth-order valence-electron chi connectivity index (χ4n) is 3.81. The van der Waals surface area contributed by atoms with E-state index in [0.29, 0.717) is 0 Å². The van der Waals surface area contributed by atoms with Gasteiger partial charge in [0, 0.05) is 25.2 Å². The number of aliphatic carboxylic acids is 1. The minimum Gasteiger partial charge on any atom is -0.478 e. The number of carbonyl (C=O) groups excluding carboxylic acids is 1. The van der Waals surface area contributed by atoms with Crippen molar-refractivity contribution < 1.29 is 14.7 Å². The average Bonchev–Trinajstić information content (AvgIpc) is 2.73. The van der Waals surface area contributed by atoms with Crippen LogP contribution in [0.2, 0.25) is 0 Å². The molecule has 0 aliphatic heterocycles. The zero-order chi connectivity index (χ0) is 22.3. The normalized spacial score (nSPS) is 11.3. The summed E-state index contributed by atoms with van der Waals surface area (Å²) in [6.07, 6.45) is 24.9. The van der Waals surface area contributed by atoms with E-state index in [1.807, 2.05) is 4.90 Å². The molecular weight excluding hydrogens is 374 g/mol. The first-order valence-electron chi connectivity index (χ1n) is 12.8. The van der Waals surface area contributed by atoms with Crippen LogP contribution in [0.15, 0.2) is 12.2 Å². The first-order valence-corrected chi connectivity index (χ1v) is 12.8. The van der Waals surface area contributed by atoms with Crippen molar-refractivity contribution in [2.24, 2.45) is 0 Å². The molecule has 0 aromatic rings. The molecule has 176 valence electrons. The largest absolute Gasteiger partial charge is 0.478 e. The van der Waals surface area contributed by atoms with Crippen LogP contribution in [0, 0.1) is 0 Å². The van der Waals surface area contributed by atoms with E-state index < -0.39 is 5.97 Å². The zero-order valence-electron chi connectivity index (χ0n) is 20.0. The summed E-state index contributed by atoms with van der Waals surface area (Å²) in [5.41, 5.74) is 0. The van der Waals surface area contributed by atoms with Gasteiger partial charge in [0.1, 0.15) is 0 Å². The number of carboxylic acid groups (broad SMARTS) is 1. The number of amides is 1. The van der Waals surface area contributed by atoms with Crippen LogP contribution in [0.1, 0.15) is 129 Å². The Balaban J connectivity index is 4.00.